The second-order valence-corrected chi connectivity index (χ2v) is 17.8. The van der Waals surface area contributed by atoms with Gasteiger partial charge in [-0.25, -0.2) is 9.97 Å². The van der Waals surface area contributed by atoms with Crippen molar-refractivity contribution in [1.82, 2.24) is 9.97 Å². The maximum absolute atomic E-state index is 5.33. The number of fused-ring (bicyclic) bond motifs is 6. The van der Waals surface area contributed by atoms with Gasteiger partial charge in [0.25, 0.3) is 0 Å². The van der Waals surface area contributed by atoms with E-state index in [-0.39, 0.29) is 5.41 Å². The van der Waals surface area contributed by atoms with E-state index in [2.05, 4.69) is 225 Å². The van der Waals surface area contributed by atoms with Crippen molar-refractivity contribution in [3.05, 3.63) is 241 Å². The van der Waals surface area contributed by atoms with E-state index in [0.717, 1.165) is 50.3 Å². The topological polar surface area (TPSA) is 25.8 Å². The lowest BCUT2D eigenvalue weighted by Gasteiger charge is -2.28. The fourth-order valence-corrected chi connectivity index (χ4v) is 10.8. The van der Waals surface area contributed by atoms with Crippen LogP contribution in [-0.2, 0) is 5.41 Å². The van der Waals surface area contributed by atoms with Crippen LogP contribution in [0.25, 0.3) is 98.6 Å². The van der Waals surface area contributed by atoms with Gasteiger partial charge in [0.1, 0.15) is 0 Å². The summed E-state index contributed by atoms with van der Waals surface area (Å²) < 4.78 is 2.60. The summed E-state index contributed by atoms with van der Waals surface area (Å²) in [5.41, 5.74) is 18.1. The minimum atomic E-state index is -0.274. The maximum atomic E-state index is 5.33. The summed E-state index contributed by atoms with van der Waals surface area (Å²) in [6, 6.07) is 81.3. The Kier molecular flexibility index (Phi) is 8.84. The van der Waals surface area contributed by atoms with Gasteiger partial charge in [-0.3, -0.25) is 0 Å². The molecule has 296 valence electrons. The number of nitrogens with zero attached hydrogens (tertiary/aromatic N) is 2. The van der Waals surface area contributed by atoms with Crippen LogP contribution >= 0.6 is 11.3 Å². The first kappa shape index (κ1) is 37.1. The number of hydrogen-bond donors (Lipinski definition) is 0. The molecule has 0 spiro atoms. The number of rotatable bonds is 7. The predicted octanol–water partition coefficient (Wildman–Crippen LogP) is 16.2. The number of thiophene rings is 1. The van der Waals surface area contributed by atoms with Gasteiger partial charge in [-0.2, -0.15) is 0 Å². The zero-order valence-corrected chi connectivity index (χ0v) is 35.5. The second-order valence-electron chi connectivity index (χ2n) is 16.7. The normalized spacial score (nSPS) is 14.2. The van der Waals surface area contributed by atoms with Gasteiger partial charge < -0.3 is 0 Å². The van der Waals surface area contributed by atoms with Crippen molar-refractivity contribution in [2.24, 2.45) is 0 Å². The molecule has 63 heavy (non-hydrogen) atoms. The lowest BCUT2D eigenvalue weighted by Crippen LogP contribution is -2.22. The molecule has 0 N–H and O–H groups in total. The third-order valence-corrected chi connectivity index (χ3v) is 14.1. The molecule has 1 aliphatic carbocycles. The molecule has 0 fully saturated rings. The summed E-state index contributed by atoms with van der Waals surface area (Å²) in [6.07, 6.45) is 0. The van der Waals surface area contributed by atoms with Gasteiger partial charge in [-0.05, 0) is 123 Å². The van der Waals surface area contributed by atoms with Crippen molar-refractivity contribution in [2.75, 3.05) is 0 Å². The lowest BCUT2D eigenvalue weighted by molar-refractivity contribution is 0.714. The van der Waals surface area contributed by atoms with Crippen LogP contribution in [0.15, 0.2) is 224 Å². The standard InChI is InChI=1S/C60H40N2S/c1-60(48-22-9-4-10-23-48)53-26-13-11-24-49(53)50-30-28-43(37-54(50)60)41-20-15-21-44(32-41)55-38-56(62-59(61-55)40-18-7-3-8-19-40)47-34-45(39-16-5-2-6-17-39)33-46(35-47)42-29-31-58-52(36-42)51-25-12-14-27-57(51)63-58/h2-38H,1H3. The molecule has 9 aromatic carbocycles. The molecular formula is C60H40N2S. The lowest BCUT2D eigenvalue weighted by atomic mass is 9.74. The average Bonchev–Trinajstić information content (AvgIpc) is 3.87. The minimum Gasteiger partial charge on any atom is -0.228 e. The summed E-state index contributed by atoms with van der Waals surface area (Å²) in [6.45, 7) is 2.38. The zero-order chi connectivity index (χ0) is 41.9. The largest absolute Gasteiger partial charge is 0.228 e. The number of aromatic nitrogens is 2. The predicted molar refractivity (Wildman–Crippen MR) is 265 cm³/mol. The van der Waals surface area contributed by atoms with E-state index in [4.69, 9.17) is 9.97 Å². The van der Waals surface area contributed by atoms with Gasteiger partial charge in [0.05, 0.1) is 11.4 Å². The molecule has 11 aromatic rings. The van der Waals surface area contributed by atoms with Crippen molar-refractivity contribution in [3.63, 3.8) is 0 Å². The van der Waals surface area contributed by atoms with E-state index in [0.29, 0.717) is 5.82 Å². The van der Waals surface area contributed by atoms with Gasteiger partial charge in [0, 0.05) is 42.3 Å². The van der Waals surface area contributed by atoms with E-state index >= 15 is 0 Å². The number of hydrogen-bond acceptors (Lipinski definition) is 3. The first-order valence-corrected chi connectivity index (χ1v) is 22.4. The summed E-state index contributed by atoms with van der Waals surface area (Å²) in [4.78, 5) is 10.6. The fourth-order valence-electron chi connectivity index (χ4n) is 9.72. The van der Waals surface area contributed by atoms with Crippen LogP contribution in [-0.4, -0.2) is 9.97 Å². The molecule has 0 saturated heterocycles. The van der Waals surface area contributed by atoms with Crippen molar-refractivity contribution in [2.45, 2.75) is 12.3 Å². The molecule has 3 heteroatoms. The third-order valence-electron chi connectivity index (χ3n) is 13.0. The SMILES string of the molecule is CC1(c2ccccc2)c2ccccc2-c2ccc(-c3cccc(-c4cc(-c5cc(-c6ccccc6)cc(-c6ccc7sc8ccccc8c7c6)c5)nc(-c5ccccc5)n4)c3)cc21. The van der Waals surface area contributed by atoms with Crippen molar-refractivity contribution < 1.29 is 0 Å². The highest BCUT2D eigenvalue weighted by molar-refractivity contribution is 7.25. The van der Waals surface area contributed by atoms with Gasteiger partial charge in [0.2, 0.25) is 0 Å². The molecule has 0 radical (unpaired) electrons. The molecule has 0 bridgehead atoms. The molecule has 1 unspecified atom stereocenters. The highest BCUT2D eigenvalue weighted by atomic mass is 32.1. The number of benzene rings is 9. The van der Waals surface area contributed by atoms with Gasteiger partial charge in [-0.1, -0.05) is 170 Å². The molecule has 0 aliphatic heterocycles. The summed E-state index contributed by atoms with van der Waals surface area (Å²) in [5, 5.41) is 2.58. The molecule has 2 aromatic heterocycles. The summed E-state index contributed by atoms with van der Waals surface area (Å²) >= 11 is 1.85. The monoisotopic (exact) mass is 820 g/mol. The van der Waals surface area contributed by atoms with Crippen LogP contribution in [0, 0.1) is 0 Å². The maximum Gasteiger partial charge on any atom is 0.160 e. The molecule has 2 heterocycles. The highest BCUT2D eigenvalue weighted by Crippen LogP contribution is 2.53. The molecule has 2 nitrogen and oxygen atoms in total. The van der Waals surface area contributed by atoms with Crippen LogP contribution in [0.5, 0.6) is 0 Å². The Hall–Kier alpha value is -7.72. The van der Waals surface area contributed by atoms with E-state index in [1.165, 1.54) is 59.1 Å². The van der Waals surface area contributed by atoms with Crippen LogP contribution < -0.4 is 0 Å². The first-order valence-electron chi connectivity index (χ1n) is 21.5. The second kappa shape index (κ2) is 15.0. The van der Waals surface area contributed by atoms with E-state index in [1.54, 1.807) is 0 Å². The molecular weight excluding hydrogens is 781 g/mol. The van der Waals surface area contributed by atoms with Crippen molar-refractivity contribution in [1.29, 1.82) is 0 Å². The highest BCUT2D eigenvalue weighted by Gasteiger charge is 2.40. The third kappa shape index (κ3) is 6.40. The summed E-state index contributed by atoms with van der Waals surface area (Å²) in [5.74, 6) is 0.695. The van der Waals surface area contributed by atoms with Crippen molar-refractivity contribution in [3.8, 4) is 78.4 Å². The van der Waals surface area contributed by atoms with Crippen LogP contribution in [0.3, 0.4) is 0 Å². The van der Waals surface area contributed by atoms with E-state index in [9.17, 15) is 0 Å². The zero-order valence-electron chi connectivity index (χ0n) is 34.7. The fraction of sp³-hybridized carbons (Fsp3) is 0.0333. The van der Waals surface area contributed by atoms with Crippen molar-refractivity contribution >= 4 is 31.5 Å². The van der Waals surface area contributed by atoms with Gasteiger partial charge >= 0.3 is 0 Å². The Morgan fingerprint density at radius 3 is 1.68 bits per heavy atom. The quantitative estimate of drug-likeness (QED) is 0.160. The van der Waals surface area contributed by atoms with Crippen LogP contribution in [0.1, 0.15) is 23.6 Å². The van der Waals surface area contributed by atoms with E-state index < -0.39 is 0 Å². The minimum absolute atomic E-state index is 0.274. The first-order chi connectivity index (χ1) is 31.1. The van der Waals surface area contributed by atoms with Gasteiger partial charge in [0.15, 0.2) is 5.82 Å². The van der Waals surface area contributed by atoms with Gasteiger partial charge in [-0.15, -0.1) is 11.3 Å². The Bertz CT molecular complexity index is 3520. The van der Waals surface area contributed by atoms with Crippen LogP contribution in [0.2, 0.25) is 0 Å². The molecule has 0 saturated carbocycles. The van der Waals surface area contributed by atoms with Crippen LogP contribution in [0.4, 0.5) is 0 Å². The smallest absolute Gasteiger partial charge is 0.160 e. The Morgan fingerprint density at radius 2 is 0.873 bits per heavy atom. The molecule has 1 aliphatic rings. The molecule has 12 rings (SSSR count). The molecule has 0 amide bonds. The Balaban J connectivity index is 1.00. The Morgan fingerprint density at radius 1 is 0.333 bits per heavy atom. The Labute approximate surface area is 371 Å². The summed E-state index contributed by atoms with van der Waals surface area (Å²) in [7, 11) is 0. The van der Waals surface area contributed by atoms with E-state index in [1.807, 2.05) is 17.4 Å². The molecule has 1 atom stereocenters. The average molecular weight is 821 g/mol.